The Morgan fingerprint density at radius 3 is 2.91 bits per heavy atom. The first-order chi connectivity index (χ1) is 10.6. The van der Waals surface area contributed by atoms with Gasteiger partial charge in [0.25, 0.3) is 0 Å². The normalized spacial score (nSPS) is 19.0. The Balaban J connectivity index is 1.79. The third-order valence-corrected chi connectivity index (χ3v) is 4.22. The second kappa shape index (κ2) is 8.46. The highest BCUT2D eigenvalue weighted by atomic mass is 19.1. The minimum atomic E-state index is -0.307. The molecule has 1 fully saturated rings. The monoisotopic (exact) mass is 310 g/mol. The van der Waals surface area contributed by atoms with Crippen molar-refractivity contribution < 1.29 is 13.9 Å². The van der Waals surface area contributed by atoms with Crippen molar-refractivity contribution in [1.82, 2.24) is 9.80 Å². The van der Waals surface area contributed by atoms with Gasteiger partial charge >= 0.3 is 0 Å². The number of ether oxygens (including phenoxy) is 2. The summed E-state index contributed by atoms with van der Waals surface area (Å²) in [5.74, 6) is 0.709. The highest BCUT2D eigenvalue weighted by molar-refractivity contribution is 5.30. The van der Waals surface area contributed by atoms with E-state index < -0.39 is 0 Å². The van der Waals surface area contributed by atoms with Crippen LogP contribution in [0.1, 0.15) is 12.0 Å². The molecule has 124 valence electrons. The van der Waals surface area contributed by atoms with Crippen molar-refractivity contribution >= 4 is 0 Å². The standard InChI is InChI=1S/C17H27FN2O2/c1-19(11-14-4-5-16(18)17(10-14)22-3)12-15-6-7-20(13-15)8-9-21-2/h4-5,10,15H,6-9,11-13H2,1-3H3/t15-/m1/s1. The number of benzene rings is 1. The maximum absolute atomic E-state index is 13.4. The lowest BCUT2D eigenvalue weighted by molar-refractivity contribution is 0.157. The Morgan fingerprint density at radius 1 is 1.36 bits per heavy atom. The zero-order valence-corrected chi connectivity index (χ0v) is 13.8. The van der Waals surface area contributed by atoms with Crippen molar-refractivity contribution in [3.8, 4) is 5.75 Å². The summed E-state index contributed by atoms with van der Waals surface area (Å²) in [4.78, 5) is 4.76. The molecule has 1 aliphatic rings. The van der Waals surface area contributed by atoms with E-state index in [1.807, 2.05) is 6.07 Å². The van der Waals surface area contributed by atoms with Gasteiger partial charge in [-0.25, -0.2) is 4.39 Å². The molecule has 0 aliphatic carbocycles. The molecule has 0 N–H and O–H groups in total. The lowest BCUT2D eigenvalue weighted by atomic mass is 10.1. The lowest BCUT2D eigenvalue weighted by Gasteiger charge is -2.22. The zero-order chi connectivity index (χ0) is 15.9. The molecule has 2 rings (SSSR count). The van der Waals surface area contributed by atoms with Gasteiger partial charge in [0.15, 0.2) is 11.6 Å². The van der Waals surface area contributed by atoms with Crippen LogP contribution in [0.3, 0.4) is 0 Å². The average molecular weight is 310 g/mol. The van der Waals surface area contributed by atoms with Gasteiger partial charge in [-0.15, -0.1) is 0 Å². The highest BCUT2D eigenvalue weighted by Crippen LogP contribution is 2.21. The average Bonchev–Trinajstić information content (AvgIpc) is 2.94. The van der Waals surface area contributed by atoms with E-state index in [1.165, 1.54) is 19.6 Å². The Hall–Kier alpha value is -1.17. The van der Waals surface area contributed by atoms with E-state index in [-0.39, 0.29) is 5.82 Å². The van der Waals surface area contributed by atoms with E-state index in [1.54, 1.807) is 13.2 Å². The van der Waals surface area contributed by atoms with Crippen LogP contribution in [0.2, 0.25) is 0 Å². The van der Waals surface area contributed by atoms with Gasteiger partial charge in [-0.05, 0) is 43.6 Å². The molecule has 1 aliphatic heterocycles. The van der Waals surface area contributed by atoms with Crippen LogP contribution in [0.5, 0.6) is 5.75 Å². The lowest BCUT2D eigenvalue weighted by Crippen LogP contribution is -2.29. The number of likely N-dealkylation sites (tertiary alicyclic amines) is 1. The van der Waals surface area contributed by atoms with Crippen LogP contribution in [0.4, 0.5) is 4.39 Å². The van der Waals surface area contributed by atoms with Crippen molar-refractivity contribution in [2.24, 2.45) is 5.92 Å². The highest BCUT2D eigenvalue weighted by Gasteiger charge is 2.23. The summed E-state index contributed by atoms with van der Waals surface area (Å²) < 4.78 is 23.6. The summed E-state index contributed by atoms with van der Waals surface area (Å²) in [7, 11) is 5.37. The van der Waals surface area contributed by atoms with E-state index in [2.05, 4.69) is 16.8 Å². The van der Waals surface area contributed by atoms with E-state index in [9.17, 15) is 4.39 Å². The van der Waals surface area contributed by atoms with Crippen LogP contribution in [0, 0.1) is 11.7 Å². The van der Waals surface area contributed by atoms with Gasteiger partial charge in [-0.1, -0.05) is 6.07 Å². The molecule has 4 nitrogen and oxygen atoms in total. The molecule has 0 saturated carbocycles. The molecule has 1 aromatic carbocycles. The van der Waals surface area contributed by atoms with Gasteiger partial charge in [-0.2, -0.15) is 0 Å². The zero-order valence-electron chi connectivity index (χ0n) is 13.8. The van der Waals surface area contributed by atoms with E-state index in [0.717, 1.165) is 44.9 Å². The fourth-order valence-electron chi connectivity index (χ4n) is 3.10. The third-order valence-electron chi connectivity index (χ3n) is 4.22. The Bertz CT molecular complexity index is 470. The molecule has 0 radical (unpaired) electrons. The van der Waals surface area contributed by atoms with E-state index in [0.29, 0.717) is 11.7 Å². The van der Waals surface area contributed by atoms with Gasteiger partial charge in [0.2, 0.25) is 0 Å². The summed E-state index contributed by atoms with van der Waals surface area (Å²) in [6.45, 7) is 5.99. The molecule has 1 atom stereocenters. The van der Waals surface area contributed by atoms with E-state index in [4.69, 9.17) is 9.47 Å². The summed E-state index contributed by atoms with van der Waals surface area (Å²) in [6, 6.07) is 5.09. The molecule has 1 heterocycles. The largest absolute Gasteiger partial charge is 0.494 e. The molecule has 22 heavy (non-hydrogen) atoms. The topological polar surface area (TPSA) is 24.9 Å². The van der Waals surface area contributed by atoms with Crippen LogP contribution >= 0.6 is 0 Å². The fraction of sp³-hybridized carbons (Fsp3) is 0.647. The molecular formula is C17H27FN2O2. The van der Waals surface area contributed by atoms with Gasteiger partial charge in [0, 0.05) is 33.3 Å². The first-order valence-corrected chi connectivity index (χ1v) is 7.84. The number of rotatable bonds is 8. The van der Waals surface area contributed by atoms with Crippen molar-refractivity contribution in [3.05, 3.63) is 29.6 Å². The maximum atomic E-state index is 13.4. The molecule has 0 amide bonds. The second-order valence-electron chi connectivity index (χ2n) is 6.11. The first kappa shape index (κ1) is 17.2. The van der Waals surface area contributed by atoms with Crippen LogP contribution in [0.15, 0.2) is 18.2 Å². The minimum Gasteiger partial charge on any atom is -0.494 e. The molecule has 0 spiro atoms. The Morgan fingerprint density at radius 2 is 2.18 bits per heavy atom. The number of hydrogen-bond donors (Lipinski definition) is 0. The second-order valence-corrected chi connectivity index (χ2v) is 6.11. The Kier molecular flexibility index (Phi) is 6.61. The number of methoxy groups -OCH3 is 2. The van der Waals surface area contributed by atoms with Gasteiger partial charge < -0.3 is 19.3 Å². The predicted molar refractivity (Wildman–Crippen MR) is 85.7 cm³/mol. The number of nitrogens with zero attached hydrogens (tertiary/aromatic N) is 2. The predicted octanol–water partition coefficient (Wildman–Crippen LogP) is 2.23. The van der Waals surface area contributed by atoms with Crippen LogP contribution in [0.25, 0.3) is 0 Å². The molecule has 1 saturated heterocycles. The SMILES string of the molecule is COCCN1CC[C@H](CN(C)Cc2ccc(F)c(OC)c2)C1. The minimum absolute atomic E-state index is 0.307. The molecule has 1 aromatic rings. The smallest absolute Gasteiger partial charge is 0.165 e. The van der Waals surface area contributed by atoms with Gasteiger partial charge in [-0.3, -0.25) is 0 Å². The van der Waals surface area contributed by atoms with Crippen molar-refractivity contribution in [2.75, 3.05) is 54.1 Å². The van der Waals surface area contributed by atoms with Crippen LogP contribution in [-0.4, -0.2) is 63.9 Å². The molecule has 0 bridgehead atoms. The summed E-state index contributed by atoms with van der Waals surface area (Å²) in [5.41, 5.74) is 1.08. The third kappa shape index (κ3) is 4.93. The Labute approximate surface area is 132 Å². The van der Waals surface area contributed by atoms with Gasteiger partial charge in [0.05, 0.1) is 13.7 Å². The number of hydrogen-bond acceptors (Lipinski definition) is 4. The summed E-state index contributed by atoms with van der Waals surface area (Å²) in [6.07, 6.45) is 1.24. The number of halogens is 1. The molecule has 5 heteroatoms. The molecule has 0 aromatic heterocycles. The van der Waals surface area contributed by atoms with Crippen LogP contribution < -0.4 is 4.74 Å². The van der Waals surface area contributed by atoms with Crippen LogP contribution in [-0.2, 0) is 11.3 Å². The maximum Gasteiger partial charge on any atom is 0.165 e. The summed E-state index contributed by atoms with van der Waals surface area (Å²) in [5, 5.41) is 0. The summed E-state index contributed by atoms with van der Waals surface area (Å²) >= 11 is 0. The quantitative estimate of drug-likeness (QED) is 0.735. The fourth-order valence-corrected chi connectivity index (χ4v) is 3.10. The van der Waals surface area contributed by atoms with E-state index >= 15 is 0 Å². The molecular weight excluding hydrogens is 283 g/mol. The van der Waals surface area contributed by atoms with Crippen molar-refractivity contribution in [3.63, 3.8) is 0 Å². The first-order valence-electron chi connectivity index (χ1n) is 7.84. The van der Waals surface area contributed by atoms with Crippen molar-refractivity contribution in [1.29, 1.82) is 0 Å². The molecule has 0 unspecified atom stereocenters. The van der Waals surface area contributed by atoms with Gasteiger partial charge in [0.1, 0.15) is 0 Å². The van der Waals surface area contributed by atoms with Crippen molar-refractivity contribution in [2.45, 2.75) is 13.0 Å².